The Hall–Kier alpha value is -2.51. The zero-order valence-electron chi connectivity index (χ0n) is 13.1. The number of phenolic OH excluding ortho intramolecular Hbond substituents is 2. The van der Waals surface area contributed by atoms with Crippen LogP contribution in [0.4, 0.5) is 0 Å². The molecule has 0 aliphatic heterocycles. The number of amides is 1. The lowest BCUT2D eigenvalue weighted by Crippen LogP contribution is -2.29. The Kier molecular flexibility index (Phi) is 6.23. The summed E-state index contributed by atoms with van der Waals surface area (Å²) in [5.41, 5.74) is 2.18. The molecule has 0 atom stereocenters. The van der Waals surface area contributed by atoms with Gasteiger partial charge in [-0.2, -0.15) is 0 Å². The fraction of sp³-hybridized carbons (Fsp3) is 0.235. The summed E-state index contributed by atoms with van der Waals surface area (Å²) in [4.78, 5) is 11.8. The Labute approximate surface area is 140 Å². The smallest absolute Gasteiger partial charge is 0.488 e. The molecule has 7 heteroatoms. The standard InChI is InChI=1S/C17H20BNO5/c20-15-7-3-13(11-16(15)21)9-10-19-17(22)8-4-12-1-5-14(6-2-12)18(23)24/h1-3,5-7,11,20-21,23-24H,4,8-10H2,(H,19,22). The molecule has 0 aromatic heterocycles. The van der Waals surface area contributed by atoms with Crippen LogP contribution in [0.15, 0.2) is 42.5 Å². The molecule has 0 heterocycles. The van der Waals surface area contributed by atoms with Crippen LogP contribution in [0.1, 0.15) is 17.5 Å². The largest absolute Gasteiger partial charge is 0.504 e. The van der Waals surface area contributed by atoms with E-state index in [0.29, 0.717) is 31.3 Å². The van der Waals surface area contributed by atoms with Crippen LogP contribution >= 0.6 is 0 Å². The Morgan fingerprint density at radius 3 is 2.21 bits per heavy atom. The third-order valence-electron chi connectivity index (χ3n) is 3.69. The van der Waals surface area contributed by atoms with E-state index >= 15 is 0 Å². The number of carbonyl (C=O) groups is 1. The highest BCUT2D eigenvalue weighted by Crippen LogP contribution is 2.24. The molecule has 0 fully saturated rings. The molecule has 0 bridgehead atoms. The van der Waals surface area contributed by atoms with E-state index in [1.807, 2.05) is 0 Å². The molecule has 6 nitrogen and oxygen atoms in total. The summed E-state index contributed by atoms with van der Waals surface area (Å²) in [6.45, 7) is 0.443. The Morgan fingerprint density at radius 1 is 0.917 bits per heavy atom. The van der Waals surface area contributed by atoms with Crippen molar-refractivity contribution < 1.29 is 25.1 Å². The van der Waals surface area contributed by atoms with Crippen LogP contribution in [-0.4, -0.2) is 39.8 Å². The predicted octanol–water partition coefficient (Wildman–Crippen LogP) is 0.0691. The fourth-order valence-electron chi connectivity index (χ4n) is 2.27. The van der Waals surface area contributed by atoms with Gasteiger partial charge < -0.3 is 25.6 Å². The third kappa shape index (κ3) is 5.29. The summed E-state index contributed by atoms with van der Waals surface area (Å²) in [7, 11) is -1.48. The van der Waals surface area contributed by atoms with Crippen molar-refractivity contribution in [1.29, 1.82) is 0 Å². The molecule has 126 valence electrons. The predicted molar refractivity (Wildman–Crippen MR) is 91.1 cm³/mol. The molecule has 5 N–H and O–H groups in total. The maximum Gasteiger partial charge on any atom is 0.488 e. The van der Waals surface area contributed by atoms with Crippen molar-refractivity contribution in [2.75, 3.05) is 6.54 Å². The van der Waals surface area contributed by atoms with Crippen LogP contribution in [0, 0.1) is 0 Å². The van der Waals surface area contributed by atoms with Crippen LogP contribution in [0.3, 0.4) is 0 Å². The number of rotatable bonds is 7. The Bertz CT molecular complexity index is 688. The summed E-state index contributed by atoms with van der Waals surface area (Å²) >= 11 is 0. The minimum atomic E-state index is -1.48. The highest BCUT2D eigenvalue weighted by Gasteiger charge is 2.10. The van der Waals surface area contributed by atoms with Gasteiger partial charge in [0.1, 0.15) is 0 Å². The lowest BCUT2D eigenvalue weighted by molar-refractivity contribution is -0.121. The highest BCUT2D eigenvalue weighted by molar-refractivity contribution is 6.58. The molecule has 1 amide bonds. The number of hydrogen-bond donors (Lipinski definition) is 5. The Balaban J connectivity index is 1.72. The fourth-order valence-corrected chi connectivity index (χ4v) is 2.27. The van der Waals surface area contributed by atoms with Gasteiger partial charge >= 0.3 is 7.12 Å². The van der Waals surface area contributed by atoms with Gasteiger partial charge in [0.15, 0.2) is 11.5 Å². The zero-order valence-corrected chi connectivity index (χ0v) is 13.1. The summed E-state index contributed by atoms with van der Waals surface area (Å²) < 4.78 is 0. The monoisotopic (exact) mass is 329 g/mol. The lowest BCUT2D eigenvalue weighted by atomic mass is 9.80. The van der Waals surface area contributed by atoms with E-state index in [1.54, 1.807) is 30.3 Å². The van der Waals surface area contributed by atoms with Crippen LogP contribution in [-0.2, 0) is 17.6 Å². The molecule has 0 aliphatic rings. The first-order chi connectivity index (χ1) is 11.5. The van der Waals surface area contributed by atoms with E-state index in [1.165, 1.54) is 12.1 Å². The topological polar surface area (TPSA) is 110 Å². The number of benzene rings is 2. The van der Waals surface area contributed by atoms with E-state index in [4.69, 9.17) is 10.0 Å². The van der Waals surface area contributed by atoms with E-state index in [9.17, 15) is 15.0 Å². The molecule has 0 radical (unpaired) electrons. The molecule has 0 spiro atoms. The van der Waals surface area contributed by atoms with Crippen molar-refractivity contribution in [3.8, 4) is 11.5 Å². The number of hydrogen-bond acceptors (Lipinski definition) is 5. The second-order valence-electron chi connectivity index (χ2n) is 5.54. The summed E-state index contributed by atoms with van der Waals surface area (Å²) in [6, 6.07) is 11.4. The van der Waals surface area contributed by atoms with Crippen molar-refractivity contribution in [3.05, 3.63) is 53.6 Å². The van der Waals surface area contributed by atoms with Crippen molar-refractivity contribution in [2.45, 2.75) is 19.3 Å². The van der Waals surface area contributed by atoms with Crippen molar-refractivity contribution in [3.63, 3.8) is 0 Å². The van der Waals surface area contributed by atoms with Gasteiger partial charge in [-0.15, -0.1) is 0 Å². The van der Waals surface area contributed by atoms with E-state index < -0.39 is 7.12 Å². The normalized spacial score (nSPS) is 10.4. The minimum absolute atomic E-state index is 0.0794. The van der Waals surface area contributed by atoms with Gasteiger partial charge in [-0.25, -0.2) is 0 Å². The van der Waals surface area contributed by atoms with Gasteiger partial charge in [-0.1, -0.05) is 30.3 Å². The second-order valence-corrected chi connectivity index (χ2v) is 5.54. The SMILES string of the molecule is O=C(CCc1ccc(B(O)O)cc1)NCCc1ccc(O)c(O)c1. The number of carbonyl (C=O) groups excluding carboxylic acids is 1. The lowest BCUT2D eigenvalue weighted by Gasteiger charge is -2.07. The number of aromatic hydroxyl groups is 2. The van der Waals surface area contributed by atoms with Crippen LogP contribution in [0.5, 0.6) is 11.5 Å². The maximum absolute atomic E-state index is 11.8. The van der Waals surface area contributed by atoms with E-state index in [0.717, 1.165) is 11.1 Å². The third-order valence-corrected chi connectivity index (χ3v) is 3.69. The minimum Gasteiger partial charge on any atom is -0.504 e. The van der Waals surface area contributed by atoms with Crippen LogP contribution in [0.25, 0.3) is 0 Å². The molecule has 2 rings (SSSR count). The van der Waals surface area contributed by atoms with Crippen molar-refractivity contribution in [1.82, 2.24) is 5.32 Å². The quantitative estimate of drug-likeness (QED) is 0.365. The first kappa shape index (κ1) is 17.8. The van der Waals surface area contributed by atoms with Crippen LogP contribution < -0.4 is 10.8 Å². The van der Waals surface area contributed by atoms with Gasteiger partial charge in [-0.05, 0) is 41.6 Å². The molecular weight excluding hydrogens is 309 g/mol. The molecule has 0 unspecified atom stereocenters. The summed E-state index contributed by atoms with van der Waals surface area (Å²) in [6.07, 6.45) is 1.46. The average Bonchev–Trinajstić information content (AvgIpc) is 2.56. The molecule has 24 heavy (non-hydrogen) atoms. The van der Waals surface area contributed by atoms with Gasteiger partial charge in [0.2, 0.25) is 5.91 Å². The van der Waals surface area contributed by atoms with Gasteiger partial charge in [0.25, 0.3) is 0 Å². The van der Waals surface area contributed by atoms with Crippen molar-refractivity contribution >= 4 is 18.5 Å². The van der Waals surface area contributed by atoms with E-state index in [-0.39, 0.29) is 17.4 Å². The van der Waals surface area contributed by atoms with Gasteiger partial charge in [0.05, 0.1) is 0 Å². The molecular formula is C17H20BNO5. The average molecular weight is 329 g/mol. The molecule has 2 aromatic carbocycles. The molecule has 0 saturated heterocycles. The summed E-state index contributed by atoms with van der Waals surface area (Å²) in [5, 5.41) is 39.5. The number of aryl methyl sites for hydroxylation is 1. The Morgan fingerprint density at radius 2 is 1.58 bits per heavy atom. The second kappa shape index (κ2) is 8.38. The molecule has 0 aliphatic carbocycles. The first-order valence-corrected chi connectivity index (χ1v) is 7.68. The van der Waals surface area contributed by atoms with E-state index in [2.05, 4.69) is 5.32 Å². The molecule has 2 aromatic rings. The van der Waals surface area contributed by atoms with Crippen LogP contribution in [0.2, 0.25) is 0 Å². The number of nitrogens with one attached hydrogen (secondary N) is 1. The number of phenols is 2. The first-order valence-electron chi connectivity index (χ1n) is 7.68. The highest BCUT2D eigenvalue weighted by atomic mass is 16.4. The summed E-state index contributed by atoms with van der Waals surface area (Å²) in [5.74, 6) is -0.415. The zero-order chi connectivity index (χ0) is 17.5. The molecule has 0 saturated carbocycles. The van der Waals surface area contributed by atoms with Gasteiger partial charge in [-0.3, -0.25) is 4.79 Å². The maximum atomic E-state index is 11.8. The van der Waals surface area contributed by atoms with Gasteiger partial charge in [0, 0.05) is 13.0 Å². The van der Waals surface area contributed by atoms with Crippen molar-refractivity contribution in [2.24, 2.45) is 0 Å².